The summed E-state index contributed by atoms with van der Waals surface area (Å²) < 4.78 is 39.8. The molecule has 0 amide bonds. The first-order chi connectivity index (χ1) is 13.3. The SMILES string of the molecule is COc1ccc(S(=O)(=O)Nc2cc(Cl)ccc2Oc2ccccc2)c(C)c1C. The van der Waals surface area contributed by atoms with Crippen LogP contribution in [0.15, 0.2) is 65.6 Å². The van der Waals surface area contributed by atoms with Crippen molar-refractivity contribution in [1.82, 2.24) is 0 Å². The first-order valence-electron chi connectivity index (χ1n) is 8.51. The highest BCUT2D eigenvalue weighted by atomic mass is 35.5. The van der Waals surface area contributed by atoms with Crippen LogP contribution in [-0.4, -0.2) is 15.5 Å². The van der Waals surface area contributed by atoms with Gasteiger partial charge in [0.15, 0.2) is 5.75 Å². The van der Waals surface area contributed by atoms with Gasteiger partial charge in [-0.3, -0.25) is 4.72 Å². The largest absolute Gasteiger partial charge is 0.496 e. The summed E-state index contributed by atoms with van der Waals surface area (Å²) in [7, 11) is -2.32. The van der Waals surface area contributed by atoms with Gasteiger partial charge in [0.2, 0.25) is 0 Å². The molecular weight excluding hydrogens is 398 g/mol. The molecule has 5 nitrogen and oxygen atoms in total. The van der Waals surface area contributed by atoms with Gasteiger partial charge in [0.1, 0.15) is 11.5 Å². The fourth-order valence-electron chi connectivity index (χ4n) is 2.77. The number of anilines is 1. The molecular formula is C21H20ClNO4S. The van der Waals surface area contributed by atoms with Gasteiger partial charge >= 0.3 is 0 Å². The molecule has 0 radical (unpaired) electrons. The topological polar surface area (TPSA) is 64.6 Å². The summed E-state index contributed by atoms with van der Waals surface area (Å²) in [5, 5.41) is 0.390. The van der Waals surface area contributed by atoms with Crippen molar-refractivity contribution in [1.29, 1.82) is 0 Å². The van der Waals surface area contributed by atoms with E-state index >= 15 is 0 Å². The lowest BCUT2D eigenvalue weighted by Crippen LogP contribution is -2.15. The predicted octanol–water partition coefficient (Wildman–Crippen LogP) is 5.56. The zero-order valence-corrected chi connectivity index (χ0v) is 17.3. The maximum atomic E-state index is 13.0. The summed E-state index contributed by atoms with van der Waals surface area (Å²) in [6, 6.07) is 17.0. The summed E-state index contributed by atoms with van der Waals surface area (Å²) in [5.41, 5.74) is 1.63. The van der Waals surface area contributed by atoms with E-state index < -0.39 is 10.0 Å². The highest BCUT2D eigenvalue weighted by molar-refractivity contribution is 7.92. The van der Waals surface area contributed by atoms with Crippen LogP contribution >= 0.6 is 11.6 Å². The van der Waals surface area contributed by atoms with Crippen LogP contribution in [-0.2, 0) is 10.0 Å². The third kappa shape index (κ3) is 4.24. The van der Waals surface area contributed by atoms with Crippen molar-refractivity contribution >= 4 is 27.3 Å². The van der Waals surface area contributed by atoms with Crippen molar-refractivity contribution in [2.24, 2.45) is 0 Å². The molecule has 0 bridgehead atoms. The third-order valence-corrected chi connectivity index (χ3v) is 6.10. The van der Waals surface area contributed by atoms with E-state index in [1.807, 2.05) is 25.1 Å². The number of benzene rings is 3. The van der Waals surface area contributed by atoms with Crippen LogP contribution in [0.2, 0.25) is 5.02 Å². The molecule has 0 saturated carbocycles. The van der Waals surface area contributed by atoms with Gasteiger partial charge in [0, 0.05) is 5.02 Å². The first kappa shape index (κ1) is 20.0. The van der Waals surface area contributed by atoms with Crippen molar-refractivity contribution < 1.29 is 17.9 Å². The average Bonchev–Trinajstić information content (AvgIpc) is 2.66. The molecule has 0 aliphatic rings. The van der Waals surface area contributed by atoms with Gasteiger partial charge in [0.25, 0.3) is 10.0 Å². The van der Waals surface area contributed by atoms with Crippen LogP contribution in [0.5, 0.6) is 17.2 Å². The molecule has 0 aliphatic carbocycles. The minimum Gasteiger partial charge on any atom is -0.496 e. The summed E-state index contributed by atoms with van der Waals surface area (Å²) in [6.45, 7) is 3.56. The predicted molar refractivity (Wildman–Crippen MR) is 111 cm³/mol. The van der Waals surface area contributed by atoms with Gasteiger partial charge in [-0.05, 0) is 67.4 Å². The van der Waals surface area contributed by atoms with E-state index in [9.17, 15) is 8.42 Å². The lowest BCUT2D eigenvalue weighted by atomic mass is 10.1. The summed E-state index contributed by atoms with van der Waals surface area (Å²) in [5.74, 6) is 1.57. The second-order valence-electron chi connectivity index (χ2n) is 6.18. The van der Waals surface area contributed by atoms with E-state index in [1.54, 1.807) is 44.4 Å². The molecule has 0 saturated heterocycles. The molecule has 7 heteroatoms. The van der Waals surface area contributed by atoms with Crippen LogP contribution in [0.4, 0.5) is 5.69 Å². The maximum absolute atomic E-state index is 13.0. The molecule has 0 heterocycles. The van der Waals surface area contributed by atoms with E-state index in [4.69, 9.17) is 21.1 Å². The number of hydrogen-bond acceptors (Lipinski definition) is 4. The minimum atomic E-state index is -3.87. The normalized spacial score (nSPS) is 11.1. The first-order valence-corrected chi connectivity index (χ1v) is 10.4. The fourth-order valence-corrected chi connectivity index (χ4v) is 4.30. The zero-order chi connectivity index (χ0) is 20.3. The second kappa shape index (κ2) is 8.12. The minimum absolute atomic E-state index is 0.163. The van der Waals surface area contributed by atoms with Crippen LogP contribution < -0.4 is 14.2 Å². The summed E-state index contributed by atoms with van der Waals surface area (Å²) in [6.07, 6.45) is 0. The van der Waals surface area contributed by atoms with E-state index in [1.165, 1.54) is 12.1 Å². The number of methoxy groups -OCH3 is 1. The highest BCUT2D eigenvalue weighted by Gasteiger charge is 2.21. The van der Waals surface area contributed by atoms with Crippen LogP contribution in [0.3, 0.4) is 0 Å². The Labute approximate surface area is 169 Å². The Morgan fingerprint density at radius 1 is 0.893 bits per heavy atom. The Bertz CT molecular complexity index is 1100. The van der Waals surface area contributed by atoms with Gasteiger partial charge in [-0.25, -0.2) is 8.42 Å². The smallest absolute Gasteiger partial charge is 0.262 e. The summed E-state index contributed by atoms with van der Waals surface area (Å²) in [4.78, 5) is 0.163. The molecule has 0 unspecified atom stereocenters. The highest BCUT2D eigenvalue weighted by Crippen LogP contribution is 2.35. The zero-order valence-electron chi connectivity index (χ0n) is 15.7. The lowest BCUT2D eigenvalue weighted by molar-refractivity contribution is 0.410. The summed E-state index contributed by atoms with van der Waals surface area (Å²) >= 11 is 6.08. The number of ether oxygens (including phenoxy) is 2. The van der Waals surface area contributed by atoms with E-state index in [0.29, 0.717) is 27.8 Å². The standard InChI is InChI=1S/C21H20ClNO4S/c1-14-15(2)21(12-11-19(14)26-3)28(24,25)23-18-13-16(22)9-10-20(18)27-17-7-5-4-6-8-17/h4-13,23H,1-3H3. The molecule has 0 aliphatic heterocycles. The van der Waals surface area contributed by atoms with Crippen molar-refractivity contribution in [3.05, 3.63) is 76.8 Å². The van der Waals surface area contributed by atoms with Gasteiger partial charge in [-0.15, -0.1) is 0 Å². The number of halogens is 1. The van der Waals surface area contributed by atoms with Gasteiger partial charge in [0.05, 0.1) is 17.7 Å². The molecule has 146 valence electrons. The van der Waals surface area contributed by atoms with Crippen molar-refractivity contribution in [2.75, 3.05) is 11.8 Å². The van der Waals surface area contributed by atoms with Crippen molar-refractivity contribution in [2.45, 2.75) is 18.7 Å². The number of para-hydroxylation sites is 1. The third-order valence-electron chi connectivity index (χ3n) is 4.35. The van der Waals surface area contributed by atoms with E-state index in [2.05, 4.69) is 4.72 Å². The molecule has 1 N–H and O–H groups in total. The van der Waals surface area contributed by atoms with Gasteiger partial charge < -0.3 is 9.47 Å². The Hall–Kier alpha value is -2.70. The van der Waals surface area contributed by atoms with E-state index in [-0.39, 0.29) is 10.6 Å². The van der Waals surface area contributed by atoms with Crippen molar-refractivity contribution in [3.8, 4) is 17.2 Å². The Morgan fingerprint density at radius 3 is 2.25 bits per heavy atom. The maximum Gasteiger partial charge on any atom is 0.262 e. The molecule has 0 fully saturated rings. The molecule has 0 atom stereocenters. The molecule has 3 aromatic carbocycles. The van der Waals surface area contributed by atoms with E-state index in [0.717, 1.165) is 5.56 Å². The monoisotopic (exact) mass is 417 g/mol. The second-order valence-corrected chi connectivity index (χ2v) is 8.26. The van der Waals surface area contributed by atoms with Gasteiger partial charge in [-0.2, -0.15) is 0 Å². The number of rotatable bonds is 6. The van der Waals surface area contributed by atoms with Crippen LogP contribution in [0, 0.1) is 13.8 Å². The Morgan fingerprint density at radius 2 is 1.57 bits per heavy atom. The Balaban J connectivity index is 1.99. The number of nitrogens with one attached hydrogen (secondary N) is 1. The van der Waals surface area contributed by atoms with Crippen LogP contribution in [0.1, 0.15) is 11.1 Å². The molecule has 0 aromatic heterocycles. The van der Waals surface area contributed by atoms with Gasteiger partial charge in [-0.1, -0.05) is 29.8 Å². The van der Waals surface area contributed by atoms with Crippen molar-refractivity contribution in [3.63, 3.8) is 0 Å². The molecule has 28 heavy (non-hydrogen) atoms. The number of sulfonamides is 1. The average molecular weight is 418 g/mol. The Kier molecular flexibility index (Phi) is 5.82. The molecule has 3 aromatic rings. The van der Waals surface area contributed by atoms with Crippen LogP contribution in [0.25, 0.3) is 0 Å². The fraction of sp³-hybridized carbons (Fsp3) is 0.143. The quantitative estimate of drug-likeness (QED) is 0.570. The molecule has 3 rings (SSSR count). The number of hydrogen-bond donors (Lipinski definition) is 1. The molecule has 0 spiro atoms. The lowest BCUT2D eigenvalue weighted by Gasteiger charge is -2.16.